The second-order valence-electron chi connectivity index (χ2n) is 7.89. The Morgan fingerprint density at radius 2 is 1.89 bits per heavy atom. The lowest BCUT2D eigenvalue weighted by Gasteiger charge is -2.41. The average molecular weight is 383 g/mol. The van der Waals surface area contributed by atoms with Crippen molar-refractivity contribution >= 4 is 5.91 Å². The normalized spacial score (nSPS) is 20.3. The van der Waals surface area contributed by atoms with E-state index < -0.39 is 0 Å². The van der Waals surface area contributed by atoms with Crippen LogP contribution in [0.4, 0.5) is 0 Å². The number of piperidine rings is 2. The van der Waals surface area contributed by atoms with Crippen LogP contribution in [0.5, 0.6) is 0 Å². The fraction of sp³-hybridized carbons (Fsp3) is 0.571. The molecule has 2 N–H and O–H groups in total. The van der Waals surface area contributed by atoms with Gasteiger partial charge in [-0.3, -0.25) is 14.7 Å². The van der Waals surface area contributed by atoms with Gasteiger partial charge in [0.15, 0.2) is 0 Å². The molecular weight excluding hydrogens is 352 g/mol. The number of aromatic amines is 1. The van der Waals surface area contributed by atoms with Crippen molar-refractivity contribution in [3.63, 3.8) is 0 Å². The van der Waals surface area contributed by atoms with E-state index in [4.69, 9.17) is 0 Å². The van der Waals surface area contributed by atoms with Crippen LogP contribution < -0.4 is 5.32 Å². The Kier molecular flexibility index (Phi) is 6.34. The zero-order chi connectivity index (χ0) is 19.2. The number of nitrogens with zero attached hydrogens (tertiary/aromatic N) is 4. The molecule has 2 aromatic rings. The van der Waals surface area contributed by atoms with Crippen LogP contribution in [0, 0.1) is 5.92 Å². The summed E-state index contributed by atoms with van der Waals surface area (Å²) in [6, 6.07) is 6.45. The van der Waals surface area contributed by atoms with Gasteiger partial charge in [0.1, 0.15) is 5.82 Å². The van der Waals surface area contributed by atoms with Crippen LogP contribution >= 0.6 is 0 Å². The minimum Gasteiger partial charge on any atom is -0.350 e. The lowest BCUT2D eigenvalue weighted by atomic mass is 9.92. The van der Waals surface area contributed by atoms with Gasteiger partial charge in [-0.2, -0.15) is 0 Å². The molecule has 2 fully saturated rings. The molecular formula is C21H30N6O. The average Bonchev–Trinajstić information content (AvgIpc) is 3.26. The van der Waals surface area contributed by atoms with E-state index in [0.717, 1.165) is 57.1 Å². The van der Waals surface area contributed by atoms with E-state index >= 15 is 0 Å². The quantitative estimate of drug-likeness (QED) is 0.797. The maximum atomic E-state index is 12.5. The number of likely N-dealkylation sites (tertiary alicyclic amines) is 2. The molecule has 4 rings (SSSR count). The van der Waals surface area contributed by atoms with Gasteiger partial charge >= 0.3 is 0 Å². The summed E-state index contributed by atoms with van der Waals surface area (Å²) < 4.78 is 0. The Morgan fingerprint density at radius 1 is 1.07 bits per heavy atom. The molecule has 0 bridgehead atoms. The van der Waals surface area contributed by atoms with E-state index in [2.05, 4.69) is 30.1 Å². The number of aromatic nitrogens is 3. The number of rotatable bonds is 6. The van der Waals surface area contributed by atoms with Gasteiger partial charge in [0.2, 0.25) is 5.91 Å². The molecule has 0 spiro atoms. The first-order chi connectivity index (χ1) is 13.8. The summed E-state index contributed by atoms with van der Waals surface area (Å²) in [4.78, 5) is 29.3. The first-order valence-electron chi connectivity index (χ1n) is 10.4. The number of carbonyl (C=O) groups excluding carboxylic acids is 1. The molecule has 7 nitrogen and oxygen atoms in total. The molecule has 7 heteroatoms. The molecule has 0 unspecified atom stereocenters. The molecule has 150 valence electrons. The third kappa shape index (κ3) is 4.97. The van der Waals surface area contributed by atoms with Gasteiger partial charge in [0, 0.05) is 43.6 Å². The van der Waals surface area contributed by atoms with Gasteiger partial charge in [-0.05, 0) is 50.9 Å². The van der Waals surface area contributed by atoms with Crippen LogP contribution in [0.1, 0.15) is 37.2 Å². The monoisotopic (exact) mass is 382 g/mol. The molecule has 2 aliphatic rings. The summed E-state index contributed by atoms with van der Waals surface area (Å²) in [7, 11) is 0. The molecule has 1 amide bonds. The molecule has 0 radical (unpaired) electrons. The van der Waals surface area contributed by atoms with Gasteiger partial charge in [-0.1, -0.05) is 6.07 Å². The third-order valence-electron chi connectivity index (χ3n) is 6.07. The number of carbonyl (C=O) groups is 1. The van der Waals surface area contributed by atoms with Gasteiger partial charge < -0.3 is 15.2 Å². The Balaban J connectivity index is 1.17. The van der Waals surface area contributed by atoms with Crippen molar-refractivity contribution in [1.82, 2.24) is 30.1 Å². The van der Waals surface area contributed by atoms with Crippen molar-refractivity contribution in [2.45, 2.75) is 44.8 Å². The molecule has 0 aromatic carbocycles. The van der Waals surface area contributed by atoms with Gasteiger partial charge in [-0.15, -0.1) is 0 Å². The summed E-state index contributed by atoms with van der Waals surface area (Å²) in [5.74, 6) is 1.37. The van der Waals surface area contributed by atoms with Crippen LogP contribution in [0.3, 0.4) is 0 Å². The highest BCUT2D eigenvalue weighted by Crippen LogP contribution is 2.24. The molecule has 28 heavy (non-hydrogen) atoms. The van der Waals surface area contributed by atoms with Gasteiger partial charge in [0.05, 0.1) is 18.8 Å². The summed E-state index contributed by atoms with van der Waals surface area (Å²) in [6.45, 7) is 5.74. The smallest absolute Gasteiger partial charge is 0.223 e. The SMILES string of the molecule is O=C(NCc1ccccn1)C1CCN(C2CCN(Cc3ncc[nH]3)CC2)CC1. The lowest BCUT2D eigenvalue weighted by Crippen LogP contribution is -2.49. The largest absolute Gasteiger partial charge is 0.350 e. The number of amides is 1. The van der Waals surface area contributed by atoms with Crippen molar-refractivity contribution < 1.29 is 4.79 Å². The van der Waals surface area contributed by atoms with Crippen molar-refractivity contribution in [2.24, 2.45) is 5.92 Å². The highest BCUT2D eigenvalue weighted by atomic mass is 16.1. The maximum Gasteiger partial charge on any atom is 0.223 e. The summed E-state index contributed by atoms with van der Waals surface area (Å²) in [5.41, 5.74) is 0.912. The fourth-order valence-corrected chi connectivity index (χ4v) is 4.39. The molecule has 0 atom stereocenters. The zero-order valence-corrected chi connectivity index (χ0v) is 16.4. The van der Waals surface area contributed by atoms with Crippen LogP contribution in [0.25, 0.3) is 0 Å². The number of hydrogen-bond acceptors (Lipinski definition) is 5. The molecule has 0 aliphatic carbocycles. The number of imidazole rings is 1. The summed E-state index contributed by atoms with van der Waals surface area (Å²) in [5, 5.41) is 3.05. The Labute approximate surface area is 166 Å². The van der Waals surface area contributed by atoms with Gasteiger partial charge in [-0.25, -0.2) is 4.98 Å². The number of H-pyrrole nitrogens is 1. The number of nitrogens with one attached hydrogen (secondary N) is 2. The molecule has 0 saturated carbocycles. The standard InChI is InChI=1S/C21H30N6O/c28-21(25-15-18-3-1-2-8-22-18)17-4-13-27(14-5-17)19-6-11-26(12-7-19)16-20-23-9-10-24-20/h1-3,8-10,17,19H,4-7,11-16H2,(H,23,24)(H,25,28). The van der Waals surface area contributed by atoms with E-state index in [1.165, 1.54) is 12.8 Å². The number of pyridine rings is 1. The van der Waals surface area contributed by atoms with E-state index in [0.29, 0.717) is 12.6 Å². The lowest BCUT2D eigenvalue weighted by molar-refractivity contribution is -0.126. The molecule has 2 saturated heterocycles. The predicted octanol–water partition coefficient (Wildman–Crippen LogP) is 1.80. The summed E-state index contributed by atoms with van der Waals surface area (Å²) in [6.07, 6.45) is 9.80. The zero-order valence-electron chi connectivity index (χ0n) is 16.4. The minimum atomic E-state index is 0.138. The van der Waals surface area contributed by atoms with Crippen LogP contribution in [0.15, 0.2) is 36.8 Å². The van der Waals surface area contributed by atoms with Crippen molar-refractivity contribution in [2.75, 3.05) is 26.2 Å². The van der Waals surface area contributed by atoms with Crippen LogP contribution in [-0.2, 0) is 17.9 Å². The highest BCUT2D eigenvalue weighted by molar-refractivity contribution is 5.78. The first kappa shape index (κ1) is 19.1. The minimum absolute atomic E-state index is 0.138. The second kappa shape index (κ2) is 9.30. The number of hydrogen-bond donors (Lipinski definition) is 2. The van der Waals surface area contributed by atoms with Gasteiger partial charge in [0.25, 0.3) is 0 Å². The van der Waals surface area contributed by atoms with E-state index in [9.17, 15) is 4.79 Å². The Morgan fingerprint density at radius 3 is 2.57 bits per heavy atom. The second-order valence-corrected chi connectivity index (χ2v) is 7.89. The van der Waals surface area contributed by atoms with E-state index in [-0.39, 0.29) is 11.8 Å². The Bertz CT molecular complexity index is 719. The highest BCUT2D eigenvalue weighted by Gasteiger charge is 2.30. The molecule has 4 heterocycles. The molecule has 2 aliphatic heterocycles. The molecule has 2 aromatic heterocycles. The van der Waals surface area contributed by atoms with E-state index in [1.807, 2.05) is 30.6 Å². The topological polar surface area (TPSA) is 77.2 Å². The van der Waals surface area contributed by atoms with Crippen LogP contribution in [0.2, 0.25) is 0 Å². The Hall–Kier alpha value is -2.25. The first-order valence-corrected chi connectivity index (χ1v) is 10.4. The maximum absolute atomic E-state index is 12.5. The van der Waals surface area contributed by atoms with E-state index in [1.54, 1.807) is 6.20 Å². The third-order valence-corrected chi connectivity index (χ3v) is 6.07. The van der Waals surface area contributed by atoms with Crippen LogP contribution in [-0.4, -0.2) is 62.9 Å². The van der Waals surface area contributed by atoms with Crippen molar-refractivity contribution in [3.8, 4) is 0 Å². The fourth-order valence-electron chi connectivity index (χ4n) is 4.39. The van der Waals surface area contributed by atoms with Crippen molar-refractivity contribution in [1.29, 1.82) is 0 Å². The van der Waals surface area contributed by atoms with Crippen molar-refractivity contribution in [3.05, 3.63) is 48.3 Å². The summed E-state index contributed by atoms with van der Waals surface area (Å²) >= 11 is 0. The predicted molar refractivity (Wildman–Crippen MR) is 107 cm³/mol.